The van der Waals surface area contributed by atoms with Crippen LogP contribution in [0.2, 0.25) is 0 Å². The van der Waals surface area contributed by atoms with Gasteiger partial charge in [0, 0.05) is 25.8 Å². The van der Waals surface area contributed by atoms with Crippen LogP contribution in [-0.4, -0.2) is 38.8 Å². The monoisotopic (exact) mass is 254 g/mol. The molecule has 0 spiro atoms. The van der Waals surface area contributed by atoms with Crippen molar-refractivity contribution in [3.8, 4) is 0 Å². The molecule has 0 aromatic carbocycles. The number of furan rings is 1. The van der Waals surface area contributed by atoms with Crippen molar-refractivity contribution in [1.82, 2.24) is 10.2 Å². The molecule has 1 heterocycles. The molecular weight excluding hydrogens is 228 g/mol. The largest absolute Gasteiger partial charge is 0.468 e. The summed E-state index contributed by atoms with van der Waals surface area (Å²) in [4.78, 5) is 2.24. The number of ether oxygens (including phenoxy) is 1. The standard InChI is InChI=1S/C14H26N2O2/c1-12(2)9-15-10-14-13(5-7-18-14)11-16(3)6-8-17-4/h5,7,12,15H,6,8-11H2,1-4H3. The molecule has 18 heavy (non-hydrogen) atoms. The van der Waals surface area contributed by atoms with Gasteiger partial charge in [-0.1, -0.05) is 13.8 Å². The second-order valence-electron chi connectivity index (χ2n) is 5.12. The lowest BCUT2D eigenvalue weighted by molar-refractivity contribution is 0.158. The Labute approximate surface area is 110 Å². The van der Waals surface area contributed by atoms with E-state index in [1.165, 1.54) is 5.56 Å². The van der Waals surface area contributed by atoms with Crippen LogP contribution in [0.5, 0.6) is 0 Å². The third kappa shape index (κ3) is 5.67. The minimum absolute atomic E-state index is 0.660. The summed E-state index contributed by atoms with van der Waals surface area (Å²) in [6.45, 7) is 8.82. The van der Waals surface area contributed by atoms with Gasteiger partial charge in [0.1, 0.15) is 5.76 Å². The first-order valence-corrected chi connectivity index (χ1v) is 6.57. The second kappa shape index (κ2) is 8.29. The van der Waals surface area contributed by atoms with E-state index in [9.17, 15) is 0 Å². The first-order chi connectivity index (χ1) is 8.63. The summed E-state index contributed by atoms with van der Waals surface area (Å²) < 4.78 is 10.6. The summed E-state index contributed by atoms with van der Waals surface area (Å²) in [5, 5.41) is 3.41. The SMILES string of the molecule is COCCN(C)Cc1ccoc1CNCC(C)C. The van der Waals surface area contributed by atoms with Gasteiger partial charge in [0.2, 0.25) is 0 Å². The number of hydrogen-bond acceptors (Lipinski definition) is 4. The van der Waals surface area contributed by atoms with Crippen LogP contribution >= 0.6 is 0 Å². The molecule has 0 unspecified atom stereocenters. The van der Waals surface area contributed by atoms with E-state index in [4.69, 9.17) is 9.15 Å². The Morgan fingerprint density at radius 2 is 2.22 bits per heavy atom. The molecule has 0 atom stereocenters. The number of nitrogens with zero attached hydrogens (tertiary/aromatic N) is 1. The maximum absolute atomic E-state index is 5.53. The highest BCUT2D eigenvalue weighted by molar-refractivity contribution is 5.16. The Morgan fingerprint density at radius 1 is 1.44 bits per heavy atom. The summed E-state index contributed by atoms with van der Waals surface area (Å²) in [5.74, 6) is 1.70. The summed E-state index contributed by atoms with van der Waals surface area (Å²) in [6.07, 6.45) is 1.77. The minimum atomic E-state index is 0.660. The molecule has 0 radical (unpaired) electrons. The molecule has 0 saturated carbocycles. The van der Waals surface area contributed by atoms with Gasteiger partial charge < -0.3 is 14.5 Å². The van der Waals surface area contributed by atoms with Gasteiger partial charge in [-0.15, -0.1) is 0 Å². The van der Waals surface area contributed by atoms with E-state index >= 15 is 0 Å². The Bertz CT molecular complexity index is 323. The Balaban J connectivity index is 2.39. The van der Waals surface area contributed by atoms with Crippen molar-refractivity contribution in [2.24, 2.45) is 5.92 Å². The average molecular weight is 254 g/mol. The molecule has 0 aliphatic carbocycles. The molecule has 0 bridgehead atoms. The van der Waals surface area contributed by atoms with Gasteiger partial charge in [-0.2, -0.15) is 0 Å². The van der Waals surface area contributed by atoms with E-state index in [1.807, 2.05) is 0 Å². The molecule has 4 nitrogen and oxygen atoms in total. The topological polar surface area (TPSA) is 37.6 Å². The predicted octanol–water partition coefficient (Wildman–Crippen LogP) is 2.10. The second-order valence-corrected chi connectivity index (χ2v) is 5.12. The molecule has 0 aliphatic rings. The highest BCUT2D eigenvalue weighted by Gasteiger charge is 2.08. The number of rotatable bonds is 9. The molecule has 1 rings (SSSR count). The lowest BCUT2D eigenvalue weighted by Crippen LogP contribution is -2.24. The van der Waals surface area contributed by atoms with Crippen molar-refractivity contribution >= 4 is 0 Å². The Hall–Kier alpha value is -0.840. The predicted molar refractivity (Wildman–Crippen MR) is 73.5 cm³/mol. The van der Waals surface area contributed by atoms with Gasteiger partial charge in [0.05, 0.1) is 19.4 Å². The zero-order valence-corrected chi connectivity index (χ0v) is 12.0. The van der Waals surface area contributed by atoms with Crippen LogP contribution in [0.1, 0.15) is 25.2 Å². The van der Waals surface area contributed by atoms with Crippen LogP contribution in [-0.2, 0) is 17.8 Å². The summed E-state index contributed by atoms with van der Waals surface area (Å²) >= 11 is 0. The van der Waals surface area contributed by atoms with Crippen molar-refractivity contribution in [2.75, 3.05) is 33.9 Å². The van der Waals surface area contributed by atoms with Crippen molar-refractivity contribution in [1.29, 1.82) is 0 Å². The van der Waals surface area contributed by atoms with Gasteiger partial charge in [-0.3, -0.25) is 4.90 Å². The molecule has 104 valence electrons. The third-order valence-electron chi connectivity index (χ3n) is 2.79. The van der Waals surface area contributed by atoms with Gasteiger partial charge >= 0.3 is 0 Å². The molecule has 4 heteroatoms. The quantitative estimate of drug-likeness (QED) is 0.732. The van der Waals surface area contributed by atoms with Gasteiger partial charge in [-0.25, -0.2) is 0 Å². The summed E-state index contributed by atoms with van der Waals surface area (Å²) in [7, 11) is 3.82. The third-order valence-corrected chi connectivity index (χ3v) is 2.79. The summed E-state index contributed by atoms with van der Waals surface area (Å²) in [6, 6.07) is 2.05. The van der Waals surface area contributed by atoms with Gasteiger partial charge in [-0.05, 0) is 25.6 Å². The van der Waals surface area contributed by atoms with E-state index in [-0.39, 0.29) is 0 Å². The van der Waals surface area contributed by atoms with E-state index in [1.54, 1.807) is 13.4 Å². The lowest BCUT2D eigenvalue weighted by atomic mass is 10.2. The average Bonchev–Trinajstić information content (AvgIpc) is 2.73. The fourth-order valence-corrected chi connectivity index (χ4v) is 1.75. The van der Waals surface area contributed by atoms with Crippen molar-refractivity contribution in [3.63, 3.8) is 0 Å². The molecule has 0 fully saturated rings. The van der Waals surface area contributed by atoms with E-state index in [0.717, 1.165) is 38.5 Å². The Kier molecular flexibility index (Phi) is 7.01. The molecule has 1 aromatic heterocycles. The van der Waals surface area contributed by atoms with Gasteiger partial charge in [0.15, 0.2) is 0 Å². The van der Waals surface area contributed by atoms with Crippen molar-refractivity contribution < 1.29 is 9.15 Å². The van der Waals surface area contributed by atoms with Crippen molar-refractivity contribution in [2.45, 2.75) is 26.9 Å². The molecule has 1 aromatic rings. The molecule has 0 saturated heterocycles. The molecule has 0 amide bonds. The van der Waals surface area contributed by atoms with Crippen LogP contribution in [0.15, 0.2) is 16.7 Å². The normalized spacial score (nSPS) is 11.7. The molecule has 0 aliphatic heterocycles. The maximum atomic E-state index is 5.53. The maximum Gasteiger partial charge on any atom is 0.122 e. The van der Waals surface area contributed by atoms with Crippen LogP contribution in [0, 0.1) is 5.92 Å². The van der Waals surface area contributed by atoms with E-state index in [2.05, 4.69) is 37.2 Å². The minimum Gasteiger partial charge on any atom is -0.468 e. The smallest absolute Gasteiger partial charge is 0.122 e. The molecule has 1 N–H and O–H groups in total. The zero-order valence-electron chi connectivity index (χ0n) is 12.0. The Morgan fingerprint density at radius 3 is 2.89 bits per heavy atom. The number of likely N-dealkylation sites (N-methyl/N-ethyl adjacent to an activating group) is 1. The fourth-order valence-electron chi connectivity index (χ4n) is 1.75. The number of hydrogen-bond donors (Lipinski definition) is 1. The van der Waals surface area contributed by atoms with Crippen molar-refractivity contribution in [3.05, 3.63) is 23.7 Å². The number of methoxy groups -OCH3 is 1. The zero-order chi connectivity index (χ0) is 13.4. The van der Waals surface area contributed by atoms with E-state index in [0.29, 0.717) is 5.92 Å². The van der Waals surface area contributed by atoms with E-state index < -0.39 is 0 Å². The first kappa shape index (κ1) is 15.2. The number of nitrogens with one attached hydrogen (secondary N) is 1. The highest BCUT2D eigenvalue weighted by atomic mass is 16.5. The first-order valence-electron chi connectivity index (χ1n) is 6.57. The van der Waals surface area contributed by atoms with Gasteiger partial charge in [0.25, 0.3) is 0 Å². The van der Waals surface area contributed by atoms with Crippen LogP contribution in [0.4, 0.5) is 0 Å². The van der Waals surface area contributed by atoms with Crippen LogP contribution in [0.25, 0.3) is 0 Å². The molecular formula is C14H26N2O2. The summed E-state index contributed by atoms with van der Waals surface area (Å²) in [5.41, 5.74) is 1.25. The van der Waals surface area contributed by atoms with Crippen LogP contribution < -0.4 is 5.32 Å². The lowest BCUT2D eigenvalue weighted by Gasteiger charge is -2.16. The highest BCUT2D eigenvalue weighted by Crippen LogP contribution is 2.12. The fraction of sp³-hybridized carbons (Fsp3) is 0.714. The van der Waals surface area contributed by atoms with Crippen LogP contribution in [0.3, 0.4) is 0 Å².